The lowest BCUT2D eigenvalue weighted by molar-refractivity contribution is -0.118. The third-order valence-electron chi connectivity index (χ3n) is 4.69. The Bertz CT molecular complexity index is 609. The maximum Gasteiger partial charge on any atom is 0.163 e. The van der Waals surface area contributed by atoms with Gasteiger partial charge in [0.05, 0.1) is 0 Å². The molecule has 1 heterocycles. The maximum atomic E-state index is 12.4. The molecule has 0 bridgehead atoms. The fourth-order valence-electron chi connectivity index (χ4n) is 3.91. The number of Topliss-reactive ketones (excluding diaryl/α,β-unsaturated/α-hetero) is 1. The van der Waals surface area contributed by atoms with Crippen molar-refractivity contribution in [2.24, 2.45) is 11.3 Å². The Morgan fingerprint density at radius 3 is 2.84 bits per heavy atom. The molecular weight excluding hydrogens is 236 g/mol. The minimum atomic E-state index is 0.0497. The Balaban J connectivity index is 1.75. The van der Waals surface area contributed by atoms with Crippen LogP contribution in [-0.4, -0.2) is 5.78 Å². The standard InChI is InChI=1S/C17H18O2/c1-17(2)8-13(18)15-12-7-10-5-3-4-6-11(10)16(12)19-14(15)9-17/h3-6,12,16H,7-9H2,1-2H3/t12-,16+/m1/s1. The fourth-order valence-corrected chi connectivity index (χ4v) is 3.91. The summed E-state index contributed by atoms with van der Waals surface area (Å²) >= 11 is 0. The largest absolute Gasteiger partial charge is 0.489 e. The lowest BCUT2D eigenvalue weighted by atomic mass is 9.74. The highest BCUT2D eigenvalue weighted by Gasteiger charge is 2.49. The van der Waals surface area contributed by atoms with Gasteiger partial charge in [-0.2, -0.15) is 0 Å². The molecule has 98 valence electrons. The highest BCUT2D eigenvalue weighted by molar-refractivity contribution is 5.98. The zero-order valence-electron chi connectivity index (χ0n) is 11.4. The zero-order chi connectivity index (χ0) is 13.2. The van der Waals surface area contributed by atoms with Gasteiger partial charge < -0.3 is 4.74 Å². The van der Waals surface area contributed by atoms with Crippen molar-refractivity contribution in [2.45, 2.75) is 39.2 Å². The van der Waals surface area contributed by atoms with Crippen LogP contribution in [0.4, 0.5) is 0 Å². The molecule has 0 aromatic heterocycles. The molecule has 19 heavy (non-hydrogen) atoms. The van der Waals surface area contributed by atoms with E-state index in [1.54, 1.807) is 0 Å². The lowest BCUT2D eigenvalue weighted by Crippen LogP contribution is -2.26. The molecular formula is C17H18O2. The van der Waals surface area contributed by atoms with Gasteiger partial charge in [0, 0.05) is 24.3 Å². The van der Waals surface area contributed by atoms with Crippen LogP contribution >= 0.6 is 0 Å². The van der Waals surface area contributed by atoms with Crippen LogP contribution in [0.15, 0.2) is 35.6 Å². The van der Waals surface area contributed by atoms with Crippen molar-refractivity contribution < 1.29 is 9.53 Å². The van der Waals surface area contributed by atoms with E-state index in [4.69, 9.17) is 4.74 Å². The predicted octanol–water partition coefficient (Wildman–Crippen LogP) is 3.57. The number of allylic oxidation sites excluding steroid dienone is 1. The van der Waals surface area contributed by atoms with Gasteiger partial charge in [0.1, 0.15) is 11.9 Å². The van der Waals surface area contributed by atoms with Crippen molar-refractivity contribution in [3.63, 3.8) is 0 Å². The topological polar surface area (TPSA) is 26.3 Å². The number of rotatable bonds is 0. The molecule has 0 saturated carbocycles. The Morgan fingerprint density at radius 1 is 1.21 bits per heavy atom. The molecule has 0 amide bonds. The molecule has 0 N–H and O–H groups in total. The van der Waals surface area contributed by atoms with E-state index in [2.05, 4.69) is 38.1 Å². The third-order valence-corrected chi connectivity index (χ3v) is 4.69. The highest BCUT2D eigenvalue weighted by atomic mass is 16.5. The van der Waals surface area contributed by atoms with Gasteiger partial charge in [-0.25, -0.2) is 0 Å². The highest BCUT2D eigenvalue weighted by Crippen LogP contribution is 2.54. The fraction of sp³-hybridized carbons (Fsp3) is 0.471. The van der Waals surface area contributed by atoms with Crippen molar-refractivity contribution in [2.75, 3.05) is 0 Å². The average Bonchev–Trinajstić information content (AvgIpc) is 2.82. The summed E-state index contributed by atoms with van der Waals surface area (Å²) in [5, 5.41) is 0. The molecule has 1 aliphatic heterocycles. The number of ketones is 1. The summed E-state index contributed by atoms with van der Waals surface area (Å²) in [6.07, 6.45) is 2.63. The van der Waals surface area contributed by atoms with Crippen molar-refractivity contribution in [3.8, 4) is 0 Å². The summed E-state index contributed by atoms with van der Waals surface area (Å²) < 4.78 is 6.18. The first-order valence-electron chi connectivity index (χ1n) is 7.06. The molecule has 3 aliphatic rings. The van der Waals surface area contributed by atoms with E-state index in [0.717, 1.165) is 24.2 Å². The summed E-state index contributed by atoms with van der Waals surface area (Å²) in [5.74, 6) is 1.56. The number of ether oxygens (including phenoxy) is 1. The van der Waals surface area contributed by atoms with Crippen LogP contribution < -0.4 is 0 Å². The second-order valence-electron chi connectivity index (χ2n) is 6.83. The third kappa shape index (κ3) is 1.52. The molecule has 0 unspecified atom stereocenters. The minimum absolute atomic E-state index is 0.0497. The normalized spacial score (nSPS) is 30.7. The van der Waals surface area contributed by atoms with E-state index >= 15 is 0 Å². The first kappa shape index (κ1) is 11.3. The maximum absolute atomic E-state index is 12.4. The van der Waals surface area contributed by atoms with Crippen LogP contribution in [0.25, 0.3) is 0 Å². The number of hydrogen-bond donors (Lipinski definition) is 0. The Kier molecular flexibility index (Phi) is 2.08. The van der Waals surface area contributed by atoms with Crippen LogP contribution in [0.5, 0.6) is 0 Å². The van der Waals surface area contributed by atoms with Crippen LogP contribution in [0.3, 0.4) is 0 Å². The summed E-state index contributed by atoms with van der Waals surface area (Å²) in [7, 11) is 0. The summed E-state index contributed by atoms with van der Waals surface area (Å²) in [4.78, 5) is 12.4. The van der Waals surface area contributed by atoms with Crippen molar-refractivity contribution in [1.82, 2.24) is 0 Å². The molecule has 0 spiro atoms. The number of carbonyl (C=O) groups is 1. The van der Waals surface area contributed by atoms with Gasteiger partial charge in [0.15, 0.2) is 5.78 Å². The average molecular weight is 254 g/mol. The zero-order valence-corrected chi connectivity index (χ0v) is 11.4. The molecule has 0 saturated heterocycles. The minimum Gasteiger partial charge on any atom is -0.489 e. The summed E-state index contributed by atoms with van der Waals surface area (Å²) in [5.41, 5.74) is 3.68. The van der Waals surface area contributed by atoms with Crippen LogP contribution in [0.2, 0.25) is 0 Å². The van der Waals surface area contributed by atoms with Crippen molar-refractivity contribution >= 4 is 5.78 Å². The van der Waals surface area contributed by atoms with E-state index in [1.807, 2.05) is 0 Å². The molecule has 1 aromatic carbocycles. The summed E-state index contributed by atoms with van der Waals surface area (Å²) in [6, 6.07) is 8.44. The van der Waals surface area contributed by atoms with Gasteiger partial charge in [-0.05, 0) is 23.0 Å². The van der Waals surface area contributed by atoms with Gasteiger partial charge in [-0.3, -0.25) is 4.79 Å². The quantitative estimate of drug-likeness (QED) is 0.707. The van der Waals surface area contributed by atoms with Crippen LogP contribution in [0, 0.1) is 11.3 Å². The number of hydrogen-bond acceptors (Lipinski definition) is 2. The monoisotopic (exact) mass is 254 g/mol. The van der Waals surface area contributed by atoms with Crippen LogP contribution in [-0.2, 0) is 16.0 Å². The van der Waals surface area contributed by atoms with E-state index in [0.29, 0.717) is 12.2 Å². The second-order valence-corrected chi connectivity index (χ2v) is 6.83. The molecule has 4 rings (SSSR count). The van der Waals surface area contributed by atoms with Gasteiger partial charge in [-0.15, -0.1) is 0 Å². The Hall–Kier alpha value is -1.57. The van der Waals surface area contributed by atoms with Gasteiger partial charge >= 0.3 is 0 Å². The van der Waals surface area contributed by atoms with Crippen molar-refractivity contribution in [3.05, 3.63) is 46.7 Å². The molecule has 2 nitrogen and oxygen atoms in total. The van der Waals surface area contributed by atoms with E-state index in [1.165, 1.54) is 11.1 Å². The van der Waals surface area contributed by atoms with Gasteiger partial charge in [0.25, 0.3) is 0 Å². The molecule has 2 aliphatic carbocycles. The lowest BCUT2D eigenvalue weighted by Gasteiger charge is -2.29. The molecule has 0 radical (unpaired) electrons. The van der Waals surface area contributed by atoms with Crippen LogP contribution in [0.1, 0.15) is 43.9 Å². The van der Waals surface area contributed by atoms with E-state index in [9.17, 15) is 4.79 Å². The smallest absolute Gasteiger partial charge is 0.163 e. The summed E-state index contributed by atoms with van der Waals surface area (Å²) in [6.45, 7) is 4.31. The van der Waals surface area contributed by atoms with Crippen molar-refractivity contribution in [1.29, 1.82) is 0 Å². The Morgan fingerprint density at radius 2 is 2.00 bits per heavy atom. The molecule has 1 aromatic rings. The molecule has 2 heteroatoms. The second kappa shape index (κ2) is 3.50. The first-order valence-corrected chi connectivity index (χ1v) is 7.06. The first-order chi connectivity index (χ1) is 9.05. The van der Waals surface area contributed by atoms with Gasteiger partial charge in [0.2, 0.25) is 0 Å². The van der Waals surface area contributed by atoms with E-state index < -0.39 is 0 Å². The number of benzene rings is 1. The molecule has 2 atom stereocenters. The SMILES string of the molecule is CC1(C)CC(=O)C2=C(C1)O[C@H]1c3ccccc3C[C@H]21. The predicted molar refractivity (Wildman–Crippen MR) is 72.5 cm³/mol. The van der Waals surface area contributed by atoms with Gasteiger partial charge in [-0.1, -0.05) is 38.1 Å². The number of fused-ring (bicyclic) bond motifs is 4. The Labute approximate surface area is 113 Å². The van der Waals surface area contributed by atoms with E-state index in [-0.39, 0.29) is 17.4 Å². The number of carbonyl (C=O) groups excluding carboxylic acids is 1. The molecule has 0 fully saturated rings.